The first kappa shape index (κ1) is 14.2. The van der Waals surface area contributed by atoms with E-state index in [0.29, 0.717) is 22.7 Å². The summed E-state index contributed by atoms with van der Waals surface area (Å²) in [4.78, 5) is 9.14. The predicted octanol–water partition coefficient (Wildman–Crippen LogP) is 2.80. The Balaban J connectivity index is 2.08. The molecule has 0 spiro atoms. The SMILES string of the molecule is CCC1CCCC(Nc2nc(C)cc(C(N)=S)n2)C1. The van der Waals surface area contributed by atoms with Gasteiger partial charge >= 0.3 is 0 Å². The highest BCUT2D eigenvalue weighted by Gasteiger charge is 2.21. The number of nitrogens with zero attached hydrogens (tertiary/aromatic N) is 2. The van der Waals surface area contributed by atoms with Gasteiger partial charge in [-0.3, -0.25) is 0 Å². The van der Waals surface area contributed by atoms with Gasteiger partial charge in [-0.05, 0) is 31.7 Å². The third kappa shape index (κ3) is 3.86. The second-order valence-electron chi connectivity index (χ2n) is 5.36. The number of thiocarbonyl (C=S) groups is 1. The molecule has 1 aromatic rings. The third-order valence-corrected chi connectivity index (χ3v) is 4.01. The molecule has 0 radical (unpaired) electrons. The van der Waals surface area contributed by atoms with Crippen molar-refractivity contribution < 1.29 is 0 Å². The molecule has 0 amide bonds. The highest BCUT2D eigenvalue weighted by atomic mass is 32.1. The summed E-state index contributed by atoms with van der Waals surface area (Å²) in [6.07, 6.45) is 6.28. The fourth-order valence-corrected chi connectivity index (χ4v) is 2.84. The zero-order valence-electron chi connectivity index (χ0n) is 11.6. The van der Waals surface area contributed by atoms with Crippen LogP contribution < -0.4 is 11.1 Å². The lowest BCUT2D eigenvalue weighted by Gasteiger charge is -2.29. The van der Waals surface area contributed by atoms with Crippen LogP contribution in [-0.4, -0.2) is 21.0 Å². The number of aryl methyl sites for hydroxylation is 1. The van der Waals surface area contributed by atoms with E-state index in [0.717, 1.165) is 11.6 Å². The van der Waals surface area contributed by atoms with Crippen molar-refractivity contribution in [2.45, 2.75) is 52.0 Å². The Kier molecular flexibility index (Phi) is 4.69. The number of nitrogens with one attached hydrogen (secondary N) is 1. The molecular formula is C14H22N4S. The molecule has 1 fully saturated rings. The van der Waals surface area contributed by atoms with Crippen LogP contribution in [0, 0.1) is 12.8 Å². The zero-order chi connectivity index (χ0) is 13.8. The first-order chi connectivity index (χ1) is 9.08. The molecule has 19 heavy (non-hydrogen) atoms. The largest absolute Gasteiger partial charge is 0.388 e. The van der Waals surface area contributed by atoms with E-state index >= 15 is 0 Å². The standard InChI is InChI=1S/C14H22N4S/c1-3-10-5-4-6-11(8-10)17-14-16-9(2)7-12(18-14)13(15)19/h7,10-11H,3-6,8H2,1-2H3,(H2,15,19)(H,16,17,18). The van der Waals surface area contributed by atoms with Gasteiger partial charge in [-0.1, -0.05) is 38.4 Å². The summed E-state index contributed by atoms with van der Waals surface area (Å²) in [6, 6.07) is 2.29. The first-order valence-electron chi connectivity index (χ1n) is 7.00. The lowest BCUT2D eigenvalue weighted by atomic mass is 9.84. The molecule has 104 valence electrons. The molecule has 1 saturated carbocycles. The van der Waals surface area contributed by atoms with Crippen LogP contribution in [0.1, 0.15) is 50.4 Å². The lowest BCUT2D eigenvalue weighted by molar-refractivity contribution is 0.326. The van der Waals surface area contributed by atoms with Gasteiger partial charge in [0.05, 0.1) is 0 Å². The van der Waals surface area contributed by atoms with Crippen molar-refractivity contribution in [3.05, 3.63) is 17.5 Å². The Morgan fingerprint density at radius 2 is 2.26 bits per heavy atom. The van der Waals surface area contributed by atoms with Crippen molar-refractivity contribution in [2.75, 3.05) is 5.32 Å². The van der Waals surface area contributed by atoms with Gasteiger partial charge in [0.2, 0.25) is 5.95 Å². The van der Waals surface area contributed by atoms with E-state index in [1.54, 1.807) is 0 Å². The number of nitrogens with two attached hydrogens (primary N) is 1. The van der Waals surface area contributed by atoms with Crippen molar-refractivity contribution in [1.29, 1.82) is 0 Å². The van der Waals surface area contributed by atoms with Crippen LogP contribution in [0.3, 0.4) is 0 Å². The summed E-state index contributed by atoms with van der Waals surface area (Å²) in [5, 5.41) is 3.44. The van der Waals surface area contributed by atoms with Crippen molar-refractivity contribution in [3.8, 4) is 0 Å². The molecule has 5 heteroatoms. The molecular weight excluding hydrogens is 256 g/mol. The minimum absolute atomic E-state index is 0.323. The van der Waals surface area contributed by atoms with Crippen LogP contribution in [0.5, 0.6) is 0 Å². The van der Waals surface area contributed by atoms with Crippen LogP contribution in [0.2, 0.25) is 0 Å². The predicted molar refractivity (Wildman–Crippen MR) is 82.3 cm³/mol. The van der Waals surface area contributed by atoms with Crippen LogP contribution in [0.4, 0.5) is 5.95 Å². The quantitative estimate of drug-likeness (QED) is 0.829. The molecule has 0 saturated heterocycles. The van der Waals surface area contributed by atoms with E-state index in [1.165, 1.54) is 32.1 Å². The van der Waals surface area contributed by atoms with E-state index in [-0.39, 0.29) is 0 Å². The Morgan fingerprint density at radius 1 is 1.47 bits per heavy atom. The summed E-state index contributed by atoms with van der Waals surface area (Å²) in [5.74, 6) is 1.48. The molecule has 3 N–H and O–H groups in total. The molecule has 1 aliphatic carbocycles. The van der Waals surface area contributed by atoms with E-state index < -0.39 is 0 Å². The van der Waals surface area contributed by atoms with Crippen molar-refractivity contribution in [2.24, 2.45) is 11.7 Å². The Hall–Kier alpha value is -1.23. The summed E-state index contributed by atoms with van der Waals surface area (Å²) in [5.41, 5.74) is 7.18. The fourth-order valence-electron chi connectivity index (χ4n) is 2.73. The second-order valence-corrected chi connectivity index (χ2v) is 5.80. The monoisotopic (exact) mass is 278 g/mol. The van der Waals surface area contributed by atoms with Crippen molar-refractivity contribution in [1.82, 2.24) is 9.97 Å². The first-order valence-corrected chi connectivity index (χ1v) is 7.41. The highest BCUT2D eigenvalue weighted by molar-refractivity contribution is 7.80. The summed E-state index contributed by atoms with van der Waals surface area (Å²) in [7, 11) is 0. The number of hydrogen-bond donors (Lipinski definition) is 2. The van der Waals surface area contributed by atoms with Crippen molar-refractivity contribution >= 4 is 23.2 Å². The van der Waals surface area contributed by atoms with E-state index in [9.17, 15) is 0 Å². The van der Waals surface area contributed by atoms with Gasteiger partial charge in [-0.2, -0.15) is 0 Å². The van der Waals surface area contributed by atoms with Crippen molar-refractivity contribution in [3.63, 3.8) is 0 Å². The van der Waals surface area contributed by atoms with Crippen LogP contribution in [-0.2, 0) is 0 Å². The molecule has 0 aromatic carbocycles. The molecule has 1 aliphatic rings. The number of hydrogen-bond acceptors (Lipinski definition) is 4. The number of aromatic nitrogens is 2. The Bertz CT molecular complexity index is 461. The molecule has 2 unspecified atom stereocenters. The average Bonchev–Trinajstić information content (AvgIpc) is 2.38. The van der Waals surface area contributed by atoms with E-state index in [1.807, 2.05) is 13.0 Å². The third-order valence-electron chi connectivity index (χ3n) is 3.80. The maximum Gasteiger partial charge on any atom is 0.223 e. The Labute approximate surface area is 120 Å². The van der Waals surface area contributed by atoms with Gasteiger partial charge < -0.3 is 11.1 Å². The molecule has 0 aliphatic heterocycles. The summed E-state index contributed by atoms with van der Waals surface area (Å²) >= 11 is 4.98. The number of anilines is 1. The topological polar surface area (TPSA) is 63.8 Å². The average molecular weight is 278 g/mol. The summed E-state index contributed by atoms with van der Waals surface area (Å²) < 4.78 is 0. The van der Waals surface area contributed by atoms with Gasteiger partial charge in [-0.25, -0.2) is 9.97 Å². The van der Waals surface area contributed by atoms with Crippen LogP contribution >= 0.6 is 12.2 Å². The maximum atomic E-state index is 5.64. The normalized spacial score (nSPS) is 23.1. The molecule has 2 atom stereocenters. The lowest BCUT2D eigenvalue weighted by Crippen LogP contribution is -2.28. The highest BCUT2D eigenvalue weighted by Crippen LogP contribution is 2.28. The van der Waals surface area contributed by atoms with Gasteiger partial charge in [0.1, 0.15) is 10.7 Å². The zero-order valence-corrected chi connectivity index (χ0v) is 12.5. The minimum atomic E-state index is 0.323. The fraction of sp³-hybridized carbons (Fsp3) is 0.643. The minimum Gasteiger partial charge on any atom is -0.388 e. The van der Waals surface area contributed by atoms with Crippen LogP contribution in [0.15, 0.2) is 6.07 Å². The smallest absolute Gasteiger partial charge is 0.223 e. The molecule has 0 bridgehead atoms. The van der Waals surface area contributed by atoms with Gasteiger partial charge in [0, 0.05) is 11.7 Å². The molecule has 4 nitrogen and oxygen atoms in total. The summed E-state index contributed by atoms with van der Waals surface area (Å²) in [6.45, 7) is 4.20. The second kappa shape index (κ2) is 6.28. The van der Waals surface area contributed by atoms with Crippen LogP contribution in [0.25, 0.3) is 0 Å². The molecule has 1 heterocycles. The van der Waals surface area contributed by atoms with Gasteiger partial charge in [0.25, 0.3) is 0 Å². The molecule has 2 rings (SSSR count). The molecule has 1 aromatic heterocycles. The van der Waals surface area contributed by atoms with E-state index in [4.69, 9.17) is 18.0 Å². The van der Waals surface area contributed by atoms with Gasteiger partial charge in [0.15, 0.2) is 0 Å². The van der Waals surface area contributed by atoms with Gasteiger partial charge in [-0.15, -0.1) is 0 Å². The maximum absolute atomic E-state index is 5.64. The Morgan fingerprint density at radius 3 is 2.95 bits per heavy atom. The number of rotatable bonds is 4. The van der Waals surface area contributed by atoms with E-state index in [2.05, 4.69) is 22.2 Å².